The van der Waals surface area contributed by atoms with Gasteiger partial charge in [0.2, 0.25) is 5.91 Å². The Labute approximate surface area is 189 Å². The van der Waals surface area contributed by atoms with Crippen molar-refractivity contribution in [3.8, 4) is 5.69 Å². The van der Waals surface area contributed by atoms with E-state index in [9.17, 15) is 4.79 Å². The van der Waals surface area contributed by atoms with Gasteiger partial charge in [0.15, 0.2) is 0 Å². The molecule has 3 aromatic rings. The zero-order valence-electron chi connectivity index (χ0n) is 19.6. The first kappa shape index (κ1) is 22.0. The van der Waals surface area contributed by atoms with E-state index in [1.165, 1.54) is 0 Å². The van der Waals surface area contributed by atoms with Gasteiger partial charge in [-0.3, -0.25) is 4.79 Å². The van der Waals surface area contributed by atoms with Gasteiger partial charge in [0.05, 0.1) is 29.3 Å². The monoisotopic (exact) mass is 432 g/mol. The predicted octanol–water partition coefficient (Wildman–Crippen LogP) is 4.61. The number of anilines is 2. The van der Waals surface area contributed by atoms with Crippen LogP contribution in [0.2, 0.25) is 0 Å². The van der Waals surface area contributed by atoms with Crippen molar-refractivity contribution in [1.29, 1.82) is 0 Å². The summed E-state index contributed by atoms with van der Waals surface area (Å²) in [7, 11) is 0. The molecule has 1 aromatic carbocycles. The number of carbonyl (C=O) groups is 1. The maximum Gasteiger partial charge on any atom is 0.226 e. The van der Waals surface area contributed by atoms with Crippen LogP contribution in [0, 0.1) is 19.3 Å². The largest absolute Gasteiger partial charge is 0.364 e. The summed E-state index contributed by atoms with van der Waals surface area (Å²) in [6, 6.07) is 12.2. The van der Waals surface area contributed by atoms with Crippen molar-refractivity contribution in [3.05, 3.63) is 59.0 Å². The summed E-state index contributed by atoms with van der Waals surface area (Å²) in [5, 5.41) is 11.9. The van der Waals surface area contributed by atoms with Crippen LogP contribution in [0.4, 0.5) is 11.5 Å². The third-order valence-electron chi connectivity index (χ3n) is 5.73. The van der Waals surface area contributed by atoms with E-state index in [1.807, 2.05) is 41.9 Å². The van der Waals surface area contributed by atoms with E-state index in [1.54, 1.807) is 0 Å². The number of hydrogen-bond acceptors (Lipinski definition) is 5. The number of fused-ring (bicyclic) bond motifs is 1. The van der Waals surface area contributed by atoms with Crippen LogP contribution in [0.15, 0.2) is 36.4 Å². The maximum absolute atomic E-state index is 12.4. The lowest BCUT2D eigenvalue weighted by atomic mass is 9.92. The van der Waals surface area contributed by atoms with E-state index in [0.717, 1.165) is 53.4 Å². The molecule has 0 radical (unpaired) electrons. The molecule has 0 atom stereocenters. The minimum Gasteiger partial charge on any atom is -0.364 e. The Bertz CT molecular complexity index is 1110. The lowest BCUT2D eigenvalue weighted by Crippen LogP contribution is -2.30. The van der Waals surface area contributed by atoms with Crippen molar-refractivity contribution in [2.45, 2.75) is 60.4 Å². The van der Waals surface area contributed by atoms with E-state index < -0.39 is 0 Å². The fraction of sp³-hybridized carbons (Fsp3) is 0.440. The smallest absolute Gasteiger partial charge is 0.226 e. The average molecular weight is 433 g/mol. The third kappa shape index (κ3) is 4.82. The van der Waals surface area contributed by atoms with Crippen LogP contribution in [0.5, 0.6) is 0 Å². The number of rotatable bonds is 5. The van der Waals surface area contributed by atoms with E-state index >= 15 is 0 Å². The first-order valence-electron chi connectivity index (χ1n) is 11.2. The summed E-state index contributed by atoms with van der Waals surface area (Å²) < 4.78 is 1.89. The Morgan fingerprint density at radius 1 is 1.16 bits per heavy atom. The molecule has 1 aliphatic rings. The number of pyridine rings is 1. The Hall–Kier alpha value is -3.22. The molecule has 0 spiro atoms. The molecular formula is C25H32N6O. The molecule has 1 aliphatic heterocycles. The van der Waals surface area contributed by atoms with Crippen molar-refractivity contribution < 1.29 is 4.79 Å². The van der Waals surface area contributed by atoms with Crippen LogP contribution in [0.3, 0.4) is 0 Å². The number of hydrogen-bond donors (Lipinski definition) is 1. The first-order valence-corrected chi connectivity index (χ1v) is 11.2. The molecule has 2 aromatic heterocycles. The molecule has 1 N–H and O–H groups in total. The van der Waals surface area contributed by atoms with Crippen molar-refractivity contribution >= 4 is 17.4 Å². The third-order valence-corrected chi connectivity index (χ3v) is 5.73. The standard InChI is InChI=1S/C25H32N6O/c1-17-14-22-20(26-24(17)27-23(32)15-25(3,4)5)12-9-13-30(22)16-21-18(2)31(29-28-21)19-10-7-6-8-11-19/h6-8,10-11,14H,9,12-13,15-16H2,1-5H3,(H,26,27,32). The van der Waals surface area contributed by atoms with E-state index in [-0.39, 0.29) is 11.3 Å². The van der Waals surface area contributed by atoms with Gasteiger partial charge in [-0.2, -0.15) is 0 Å². The zero-order valence-corrected chi connectivity index (χ0v) is 19.6. The van der Waals surface area contributed by atoms with Crippen LogP contribution in [-0.4, -0.2) is 32.4 Å². The lowest BCUT2D eigenvalue weighted by molar-refractivity contribution is -0.117. The van der Waals surface area contributed by atoms with Crippen LogP contribution in [0.25, 0.3) is 5.69 Å². The summed E-state index contributed by atoms with van der Waals surface area (Å²) in [6.45, 7) is 11.9. The quantitative estimate of drug-likeness (QED) is 0.637. The Morgan fingerprint density at radius 2 is 1.91 bits per heavy atom. The minimum atomic E-state index is -0.0575. The van der Waals surface area contributed by atoms with Gasteiger partial charge < -0.3 is 10.2 Å². The molecule has 3 heterocycles. The van der Waals surface area contributed by atoms with E-state index in [0.29, 0.717) is 18.8 Å². The highest BCUT2D eigenvalue weighted by atomic mass is 16.1. The summed E-state index contributed by atoms with van der Waals surface area (Å²) in [4.78, 5) is 19.6. The fourth-order valence-corrected chi connectivity index (χ4v) is 4.10. The fourth-order valence-electron chi connectivity index (χ4n) is 4.10. The topological polar surface area (TPSA) is 75.9 Å². The SMILES string of the molecule is Cc1cc2c(nc1NC(=O)CC(C)(C)C)CCCN2Cc1nnn(-c2ccccc2)c1C. The predicted molar refractivity (Wildman–Crippen MR) is 127 cm³/mol. The van der Waals surface area contributed by atoms with E-state index in [4.69, 9.17) is 4.98 Å². The van der Waals surface area contributed by atoms with Crippen LogP contribution in [0.1, 0.15) is 56.3 Å². The maximum atomic E-state index is 12.4. The number of carbonyl (C=O) groups excluding carboxylic acids is 1. The molecule has 0 aliphatic carbocycles. The summed E-state index contributed by atoms with van der Waals surface area (Å²) in [5.74, 6) is 0.680. The van der Waals surface area contributed by atoms with Crippen molar-refractivity contribution in [3.63, 3.8) is 0 Å². The lowest BCUT2D eigenvalue weighted by Gasteiger charge is -2.31. The van der Waals surface area contributed by atoms with Crippen molar-refractivity contribution in [1.82, 2.24) is 20.0 Å². The van der Waals surface area contributed by atoms with E-state index in [2.05, 4.69) is 54.3 Å². The molecular weight excluding hydrogens is 400 g/mol. The molecule has 168 valence electrons. The van der Waals surface area contributed by atoms with Crippen LogP contribution < -0.4 is 10.2 Å². The van der Waals surface area contributed by atoms with Crippen molar-refractivity contribution in [2.75, 3.05) is 16.8 Å². The number of aromatic nitrogens is 4. The van der Waals surface area contributed by atoms with Gasteiger partial charge in [-0.15, -0.1) is 5.10 Å². The molecule has 0 unspecified atom stereocenters. The van der Waals surface area contributed by atoms with Gasteiger partial charge in [0.1, 0.15) is 11.5 Å². The molecule has 4 rings (SSSR count). The number of benzene rings is 1. The molecule has 0 fully saturated rings. The molecule has 7 nitrogen and oxygen atoms in total. The number of aryl methyl sites for hydroxylation is 2. The van der Waals surface area contributed by atoms with Gasteiger partial charge in [0, 0.05) is 13.0 Å². The van der Waals surface area contributed by atoms with Crippen LogP contribution in [-0.2, 0) is 17.8 Å². The van der Waals surface area contributed by atoms with Gasteiger partial charge in [-0.05, 0) is 55.9 Å². The second kappa shape index (κ2) is 8.73. The molecule has 0 saturated carbocycles. The molecule has 32 heavy (non-hydrogen) atoms. The summed E-state index contributed by atoms with van der Waals surface area (Å²) >= 11 is 0. The second-order valence-electron chi connectivity index (χ2n) is 9.80. The van der Waals surface area contributed by atoms with Gasteiger partial charge >= 0.3 is 0 Å². The first-order chi connectivity index (χ1) is 15.2. The number of nitrogens with one attached hydrogen (secondary N) is 1. The highest BCUT2D eigenvalue weighted by Gasteiger charge is 2.23. The van der Waals surface area contributed by atoms with Crippen molar-refractivity contribution in [2.24, 2.45) is 5.41 Å². The highest BCUT2D eigenvalue weighted by molar-refractivity contribution is 5.91. The highest BCUT2D eigenvalue weighted by Crippen LogP contribution is 2.31. The Kier molecular flexibility index (Phi) is 6.00. The summed E-state index contributed by atoms with van der Waals surface area (Å²) in [5.41, 5.74) is 6.08. The Balaban J connectivity index is 1.55. The average Bonchev–Trinajstić information content (AvgIpc) is 3.08. The molecule has 1 amide bonds. The molecule has 0 bridgehead atoms. The molecule has 7 heteroatoms. The zero-order chi connectivity index (χ0) is 22.9. The number of para-hydroxylation sites is 1. The minimum absolute atomic E-state index is 0.00821. The van der Waals surface area contributed by atoms with Gasteiger partial charge in [-0.1, -0.05) is 44.2 Å². The second-order valence-corrected chi connectivity index (χ2v) is 9.80. The van der Waals surface area contributed by atoms with Crippen LogP contribution >= 0.6 is 0 Å². The number of amides is 1. The van der Waals surface area contributed by atoms with Gasteiger partial charge in [-0.25, -0.2) is 9.67 Å². The molecule has 0 saturated heterocycles. The van der Waals surface area contributed by atoms with Gasteiger partial charge in [0.25, 0.3) is 0 Å². The normalized spacial score (nSPS) is 13.7. The Morgan fingerprint density at radius 3 is 2.62 bits per heavy atom. The number of nitrogens with zero attached hydrogens (tertiary/aromatic N) is 5. The summed E-state index contributed by atoms with van der Waals surface area (Å²) in [6.07, 6.45) is 2.39.